The van der Waals surface area contributed by atoms with E-state index in [-0.39, 0.29) is 41.8 Å². The molecule has 0 aliphatic carbocycles. The fraction of sp³-hybridized carbons (Fsp3) is 0.857. The van der Waals surface area contributed by atoms with Gasteiger partial charge in [-0.25, -0.2) is 0 Å². The lowest BCUT2D eigenvalue weighted by atomic mass is 9.99. The van der Waals surface area contributed by atoms with E-state index in [1.807, 2.05) is 13.8 Å². The second-order valence-corrected chi connectivity index (χ2v) is 4.94. The summed E-state index contributed by atoms with van der Waals surface area (Å²) in [6.07, 6.45) is 0. The van der Waals surface area contributed by atoms with Crippen LogP contribution in [0.15, 0.2) is 4.99 Å². The molecule has 0 amide bonds. The van der Waals surface area contributed by atoms with E-state index in [0.29, 0.717) is 26.3 Å². The minimum Gasteiger partial charge on any atom is -0.469 e. The number of aliphatic imine (C=N–C) groups is 1. The maximum absolute atomic E-state index is 11.7. The molecule has 21 heavy (non-hydrogen) atoms. The van der Waals surface area contributed by atoms with Crippen LogP contribution in [0, 0.1) is 11.8 Å². The lowest BCUT2D eigenvalue weighted by Crippen LogP contribution is -2.40. The number of halogens is 1. The summed E-state index contributed by atoms with van der Waals surface area (Å²) in [5.41, 5.74) is 0. The number of carbonyl (C=O) groups excluding carboxylic acids is 1. The first-order valence-electron chi connectivity index (χ1n) is 7.32. The minimum absolute atomic E-state index is 0. The Morgan fingerprint density at radius 2 is 2.10 bits per heavy atom. The SMILES string of the molecule is CCNC(=NCCOCC)N1CC(C)C(C(=O)OC)C1.I. The smallest absolute Gasteiger partial charge is 0.310 e. The summed E-state index contributed by atoms with van der Waals surface area (Å²) in [7, 11) is 1.44. The summed E-state index contributed by atoms with van der Waals surface area (Å²) in [4.78, 5) is 18.4. The van der Waals surface area contributed by atoms with Gasteiger partial charge in [-0.1, -0.05) is 6.92 Å². The summed E-state index contributed by atoms with van der Waals surface area (Å²) in [5.74, 6) is 0.921. The zero-order valence-electron chi connectivity index (χ0n) is 13.4. The van der Waals surface area contributed by atoms with E-state index < -0.39 is 0 Å². The topological polar surface area (TPSA) is 63.2 Å². The van der Waals surface area contributed by atoms with Crippen molar-refractivity contribution in [2.24, 2.45) is 16.8 Å². The van der Waals surface area contributed by atoms with Crippen molar-refractivity contribution in [3.05, 3.63) is 0 Å². The predicted octanol–water partition coefficient (Wildman–Crippen LogP) is 1.35. The van der Waals surface area contributed by atoms with Crippen molar-refractivity contribution in [2.45, 2.75) is 20.8 Å². The number of esters is 1. The Morgan fingerprint density at radius 1 is 1.38 bits per heavy atom. The van der Waals surface area contributed by atoms with Gasteiger partial charge in [-0.2, -0.15) is 0 Å². The molecule has 0 spiro atoms. The zero-order chi connectivity index (χ0) is 15.0. The average molecular weight is 413 g/mol. The molecule has 1 rings (SSSR count). The molecule has 0 aromatic rings. The van der Waals surface area contributed by atoms with E-state index in [0.717, 1.165) is 19.0 Å². The normalized spacial score (nSPS) is 21.9. The van der Waals surface area contributed by atoms with E-state index >= 15 is 0 Å². The number of hydrogen-bond donors (Lipinski definition) is 1. The van der Waals surface area contributed by atoms with Crippen LogP contribution in [0.5, 0.6) is 0 Å². The number of hydrogen-bond acceptors (Lipinski definition) is 4. The number of rotatable bonds is 6. The molecule has 0 aromatic carbocycles. The van der Waals surface area contributed by atoms with Gasteiger partial charge in [0.1, 0.15) is 0 Å². The maximum Gasteiger partial charge on any atom is 0.310 e. The number of methoxy groups -OCH3 is 1. The quantitative estimate of drug-likeness (QED) is 0.234. The molecule has 1 aliphatic heterocycles. The maximum atomic E-state index is 11.7. The monoisotopic (exact) mass is 413 g/mol. The van der Waals surface area contributed by atoms with Gasteiger partial charge in [0.05, 0.1) is 26.2 Å². The van der Waals surface area contributed by atoms with Crippen molar-refractivity contribution in [3.63, 3.8) is 0 Å². The number of carbonyl (C=O) groups is 1. The fourth-order valence-electron chi connectivity index (χ4n) is 2.38. The lowest BCUT2D eigenvalue weighted by Gasteiger charge is -2.21. The van der Waals surface area contributed by atoms with Crippen LogP contribution in [0.3, 0.4) is 0 Å². The third-order valence-electron chi connectivity index (χ3n) is 3.45. The zero-order valence-corrected chi connectivity index (χ0v) is 15.8. The molecule has 0 aromatic heterocycles. The number of ether oxygens (including phenoxy) is 2. The number of nitrogens with zero attached hydrogens (tertiary/aromatic N) is 2. The second kappa shape index (κ2) is 11.1. The highest BCUT2D eigenvalue weighted by Gasteiger charge is 2.36. The first kappa shape index (κ1) is 20.4. The molecular weight excluding hydrogens is 385 g/mol. The summed E-state index contributed by atoms with van der Waals surface area (Å²) in [5, 5.41) is 3.27. The van der Waals surface area contributed by atoms with Crippen LogP contribution in [-0.4, -0.2) is 63.3 Å². The molecule has 0 saturated carbocycles. The van der Waals surface area contributed by atoms with Crippen molar-refractivity contribution < 1.29 is 14.3 Å². The van der Waals surface area contributed by atoms with Crippen molar-refractivity contribution in [1.82, 2.24) is 10.2 Å². The summed E-state index contributed by atoms with van der Waals surface area (Å²) >= 11 is 0. The standard InChI is InChI=1S/C14H27N3O3.HI/c1-5-15-14(16-7-8-20-6-2)17-9-11(3)12(10-17)13(18)19-4;/h11-12H,5-10H2,1-4H3,(H,15,16);1H. The Hall–Kier alpha value is -0.570. The van der Waals surface area contributed by atoms with E-state index in [4.69, 9.17) is 9.47 Å². The van der Waals surface area contributed by atoms with E-state index in [9.17, 15) is 4.79 Å². The van der Waals surface area contributed by atoms with Crippen LogP contribution in [0.2, 0.25) is 0 Å². The molecule has 2 atom stereocenters. The van der Waals surface area contributed by atoms with Crippen LogP contribution < -0.4 is 5.32 Å². The van der Waals surface area contributed by atoms with E-state index in [1.165, 1.54) is 7.11 Å². The van der Waals surface area contributed by atoms with Crippen LogP contribution in [-0.2, 0) is 14.3 Å². The third-order valence-corrected chi connectivity index (χ3v) is 3.45. The van der Waals surface area contributed by atoms with Crippen LogP contribution in [0.25, 0.3) is 0 Å². The van der Waals surface area contributed by atoms with E-state index in [2.05, 4.69) is 22.1 Å². The number of nitrogens with one attached hydrogen (secondary N) is 1. The molecule has 1 aliphatic rings. The first-order chi connectivity index (χ1) is 9.63. The summed E-state index contributed by atoms with van der Waals surface area (Å²) in [6.45, 7) is 10.3. The highest BCUT2D eigenvalue weighted by molar-refractivity contribution is 14.0. The highest BCUT2D eigenvalue weighted by Crippen LogP contribution is 2.24. The Bertz CT molecular complexity index is 339. The minimum atomic E-state index is -0.134. The lowest BCUT2D eigenvalue weighted by molar-refractivity contribution is -0.145. The third kappa shape index (κ3) is 6.37. The molecule has 6 nitrogen and oxygen atoms in total. The average Bonchev–Trinajstić information content (AvgIpc) is 2.83. The van der Waals surface area contributed by atoms with Crippen LogP contribution in [0.1, 0.15) is 20.8 Å². The highest BCUT2D eigenvalue weighted by atomic mass is 127. The molecule has 2 unspecified atom stereocenters. The number of likely N-dealkylation sites (tertiary alicyclic amines) is 1. The Morgan fingerprint density at radius 3 is 2.67 bits per heavy atom. The molecule has 0 bridgehead atoms. The van der Waals surface area contributed by atoms with Crippen molar-refractivity contribution in [2.75, 3.05) is 46.5 Å². The Balaban J connectivity index is 0.00000400. The van der Waals surface area contributed by atoms with E-state index in [1.54, 1.807) is 0 Å². The summed E-state index contributed by atoms with van der Waals surface area (Å²) < 4.78 is 10.2. The van der Waals surface area contributed by atoms with Crippen LogP contribution >= 0.6 is 24.0 Å². The largest absolute Gasteiger partial charge is 0.469 e. The predicted molar refractivity (Wildman–Crippen MR) is 94.1 cm³/mol. The van der Waals surface area contributed by atoms with Crippen molar-refractivity contribution in [1.29, 1.82) is 0 Å². The molecule has 124 valence electrons. The molecule has 0 radical (unpaired) electrons. The molecule has 1 fully saturated rings. The first-order valence-corrected chi connectivity index (χ1v) is 7.32. The molecule has 1 N–H and O–H groups in total. The van der Waals surface area contributed by atoms with Gasteiger partial charge < -0.3 is 19.7 Å². The van der Waals surface area contributed by atoms with Gasteiger partial charge in [0.2, 0.25) is 0 Å². The van der Waals surface area contributed by atoms with Gasteiger partial charge >= 0.3 is 5.97 Å². The number of guanidine groups is 1. The van der Waals surface area contributed by atoms with Crippen molar-refractivity contribution >= 4 is 35.9 Å². The van der Waals surface area contributed by atoms with Gasteiger partial charge in [0.25, 0.3) is 0 Å². The summed E-state index contributed by atoms with van der Waals surface area (Å²) in [6, 6.07) is 0. The van der Waals surface area contributed by atoms with Gasteiger partial charge in [-0.05, 0) is 19.8 Å². The molecule has 7 heteroatoms. The second-order valence-electron chi connectivity index (χ2n) is 4.94. The van der Waals surface area contributed by atoms with Gasteiger partial charge in [0.15, 0.2) is 5.96 Å². The van der Waals surface area contributed by atoms with Gasteiger partial charge in [-0.15, -0.1) is 24.0 Å². The van der Waals surface area contributed by atoms with Crippen LogP contribution in [0.4, 0.5) is 0 Å². The Labute approximate surface area is 144 Å². The van der Waals surface area contributed by atoms with Crippen molar-refractivity contribution in [3.8, 4) is 0 Å². The molecular formula is C14H28IN3O3. The van der Waals surface area contributed by atoms with Gasteiger partial charge in [-0.3, -0.25) is 9.79 Å². The Kier molecular flexibility index (Phi) is 10.8. The fourth-order valence-corrected chi connectivity index (χ4v) is 2.38. The molecule has 1 heterocycles. The molecule has 1 saturated heterocycles. The van der Waals surface area contributed by atoms with Gasteiger partial charge in [0, 0.05) is 26.2 Å².